The summed E-state index contributed by atoms with van der Waals surface area (Å²) in [4.78, 5) is 15.1. The molecule has 9 heteroatoms. The molecule has 1 aromatic carbocycles. The van der Waals surface area contributed by atoms with Crippen molar-refractivity contribution >= 4 is 15.9 Å². The van der Waals surface area contributed by atoms with Gasteiger partial charge >= 0.3 is 0 Å². The first kappa shape index (κ1) is 22.0. The van der Waals surface area contributed by atoms with Gasteiger partial charge in [-0.15, -0.1) is 0 Å². The number of methoxy groups -OCH3 is 1. The maximum Gasteiger partial charge on any atom is 0.223 e. The number of nitrogens with one attached hydrogen (secondary N) is 1. The van der Waals surface area contributed by atoms with Crippen molar-refractivity contribution in [2.24, 2.45) is 5.92 Å². The Labute approximate surface area is 173 Å². The lowest BCUT2D eigenvalue weighted by atomic mass is 9.96. The lowest BCUT2D eigenvalue weighted by Gasteiger charge is -2.35. The Morgan fingerprint density at radius 2 is 1.93 bits per heavy atom. The van der Waals surface area contributed by atoms with Gasteiger partial charge in [0, 0.05) is 38.6 Å². The molecule has 8 nitrogen and oxygen atoms in total. The summed E-state index contributed by atoms with van der Waals surface area (Å²) in [5.41, 5.74) is 1.10. The number of morpholine rings is 1. The van der Waals surface area contributed by atoms with E-state index in [0.717, 1.165) is 24.4 Å². The molecule has 2 aliphatic rings. The molecule has 0 aromatic heterocycles. The number of nitrogens with zero attached hydrogens (tertiary/aromatic N) is 2. The van der Waals surface area contributed by atoms with Crippen molar-refractivity contribution in [2.75, 3.05) is 59.3 Å². The van der Waals surface area contributed by atoms with Crippen LogP contribution in [0.2, 0.25) is 0 Å². The molecule has 162 valence electrons. The first-order valence-electron chi connectivity index (χ1n) is 10.1. The van der Waals surface area contributed by atoms with Gasteiger partial charge in [-0.2, -0.15) is 0 Å². The Balaban J connectivity index is 1.63. The molecule has 3 rings (SSSR count). The average Bonchev–Trinajstić information content (AvgIpc) is 2.74. The van der Waals surface area contributed by atoms with Gasteiger partial charge in [0.15, 0.2) is 0 Å². The zero-order valence-corrected chi connectivity index (χ0v) is 18.0. The van der Waals surface area contributed by atoms with Crippen molar-refractivity contribution in [3.63, 3.8) is 0 Å². The van der Waals surface area contributed by atoms with Gasteiger partial charge in [-0.3, -0.25) is 9.69 Å². The van der Waals surface area contributed by atoms with E-state index in [-0.39, 0.29) is 17.9 Å². The SMILES string of the molecule is COc1cccc([C@H](CNC(=O)C2CCN(S(C)(=O)=O)CC2)N2CCOCC2)c1. The first-order valence-corrected chi connectivity index (χ1v) is 11.9. The van der Waals surface area contributed by atoms with Crippen molar-refractivity contribution in [3.8, 4) is 5.75 Å². The fourth-order valence-corrected chi connectivity index (χ4v) is 4.86. The van der Waals surface area contributed by atoms with Crippen molar-refractivity contribution in [1.82, 2.24) is 14.5 Å². The molecule has 1 aromatic rings. The number of carbonyl (C=O) groups excluding carboxylic acids is 1. The molecule has 0 radical (unpaired) electrons. The van der Waals surface area contributed by atoms with Crippen LogP contribution in [0.25, 0.3) is 0 Å². The molecule has 2 fully saturated rings. The Bertz CT molecular complexity index is 787. The molecular weight excluding hydrogens is 394 g/mol. The number of hydrogen-bond donors (Lipinski definition) is 1. The monoisotopic (exact) mass is 425 g/mol. The van der Waals surface area contributed by atoms with E-state index in [1.54, 1.807) is 7.11 Å². The molecule has 0 saturated carbocycles. The smallest absolute Gasteiger partial charge is 0.223 e. The van der Waals surface area contributed by atoms with E-state index >= 15 is 0 Å². The second-order valence-electron chi connectivity index (χ2n) is 7.62. The number of hydrogen-bond acceptors (Lipinski definition) is 6. The zero-order valence-electron chi connectivity index (χ0n) is 17.2. The molecule has 2 heterocycles. The molecule has 1 atom stereocenters. The van der Waals surface area contributed by atoms with Crippen LogP contribution in [-0.4, -0.2) is 82.8 Å². The molecule has 0 bridgehead atoms. The predicted molar refractivity (Wildman–Crippen MR) is 110 cm³/mol. The van der Waals surface area contributed by atoms with E-state index in [4.69, 9.17) is 9.47 Å². The van der Waals surface area contributed by atoms with Gasteiger partial charge in [-0.25, -0.2) is 12.7 Å². The number of benzene rings is 1. The summed E-state index contributed by atoms with van der Waals surface area (Å²) in [6.07, 6.45) is 2.33. The largest absolute Gasteiger partial charge is 0.497 e. The van der Waals surface area contributed by atoms with Gasteiger partial charge in [0.05, 0.1) is 32.6 Å². The molecule has 0 spiro atoms. The summed E-state index contributed by atoms with van der Waals surface area (Å²) < 4.78 is 35.6. The van der Waals surface area contributed by atoms with E-state index < -0.39 is 10.0 Å². The van der Waals surface area contributed by atoms with Crippen LogP contribution in [0, 0.1) is 5.92 Å². The summed E-state index contributed by atoms with van der Waals surface area (Å²) in [7, 11) is -1.54. The van der Waals surface area contributed by atoms with E-state index in [9.17, 15) is 13.2 Å². The fraction of sp³-hybridized carbons (Fsp3) is 0.650. The maximum absolute atomic E-state index is 12.7. The molecule has 1 amide bonds. The number of piperidine rings is 1. The highest BCUT2D eigenvalue weighted by atomic mass is 32.2. The number of amides is 1. The third kappa shape index (κ3) is 5.91. The summed E-state index contributed by atoms with van der Waals surface area (Å²) in [6.45, 7) is 4.28. The normalized spacial score (nSPS) is 20.9. The third-order valence-electron chi connectivity index (χ3n) is 5.73. The maximum atomic E-state index is 12.7. The van der Waals surface area contributed by atoms with Crippen LogP contribution in [0.4, 0.5) is 0 Å². The van der Waals surface area contributed by atoms with Crippen molar-refractivity contribution in [1.29, 1.82) is 0 Å². The van der Waals surface area contributed by atoms with Gasteiger partial charge in [0.2, 0.25) is 15.9 Å². The Morgan fingerprint density at radius 1 is 1.24 bits per heavy atom. The van der Waals surface area contributed by atoms with Crippen molar-refractivity contribution in [2.45, 2.75) is 18.9 Å². The Morgan fingerprint density at radius 3 is 2.55 bits per heavy atom. The molecule has 2 saturated heterocycles. The van der Waals surface area contributed by atoms with Gasteiger partial charge < -0.3 is 14.8 Å². The quantitative estimate of drug-likeness (QED) is 0.697. The third-order valence-corrected chi connectivity index (χ3v) is 7.03. The predicted octanol–water partition coefficient (Wildman–Crippen LogP) is 0.856. The molecule has 2 aliphatic heterocycles. The first-order chi connectivity index (χ1) is 13.9. The molecule has 29 heavy (non-hydrogen) atoms. The topological polar surface area (TPSA) is 88.2 Å². The average molecular weight is 426 g/mol. The van der Waals surface area contributed by atoms with Crippen molar-refractivity contribution < 1.29 is 22.7 Å². The second kappa shape index (κ2) is 9.88. The lowest BCUT2D eigenvalue weighted by Crippen LogP contribution is -2.46. The number of ether oxygens (including phenoxy) is 2. The summed E-state index contributed by atoms with van der Waals surface area (Å²) in [5.74, 6) is 0.642. The van der Waals surface area contributed by atoms with Gasteiger partial charge in [0.1, 0.15) is 5.75 Å². The summed E-state index contributed by atoms with van der Waals surface area (Å²) in [5, 5.41) is 3.11. The van der Waals surface area contributed by atoms with Crippen LogP contribution < -0.4 is 10.1 Å². The molecule has 0 aliphatic carbocycles. The van der Waals surface area contributed by atoms with Crippen LogP contribution >= 0.6 is 0 Å². The highest BCUT2D eigenvalue weighted by molar-refractivity contribution is 7.88. The second-order valence-corrected chi connectivity index (χ2v) is 9.60. The van der Waals surface area contributed by atoms with E-state index in [1.165, 1.54) is 10.6 Å². The Hall–Kier alpha value is -1.68. The highest BCUT2D eigenvalue weighted by Gasteiger charge is 2.30. The fourth-order valence-electron chi connectivity index (χ4n) is 3.99. The summed E-state index contributed by atoms with van der Waals surface area (Å²) in [6, 6.07) is 7.98. The molecule has 1 N–H and O–H groups in total. The van der Waals surface area contributed by atoms with Crippen LogP contribution in [0.1, 0.15) is 24.4 Å². The minimum Gasteiger partial charge on any atom is -0.497 e. The van der Waals surface area contributed by atoms with E-state index in [0.29, 0.717) is 45.7 Å². The van der Waals surface area contributed by atoms with Crippen LogP contribution in [0.3, 0.4) is 0 Å². The minimum absolute atomic E-state index is 0.000642. The Kier molecular flexibility index (Phi) is 7.50. The van der Waals surface area contributed by atoms with Gasteiger partial charge in [-0.05, 0) is 30.5 Å². The van der Waals surface area contributed by atoms with E-state index in [2.05, 4.69) is 16.3 Å². The van der Waals surface area contributed by atoms with E-state index in [1.807, 2.05) is 18.2 Å². The zero-order chi connectivity index (χ0) is 20.9. The number of carbonyl (C=O) groups is 1. The van der Waals surface area contributed by atoms with Crippen LogP contribution in [-0.2, 0) is 19.6 Å². The number of rotatable bonds is 7. The lowest BCUT2D eigenvalue weighted by molar-refractivity contribution is -0.126. The van der Waals surface area contributed by atoms with Crippen molar-refractivity contribution in [3.05, 3.63) is 29.8 Å². The standard InChI is InChI=1S/C20H31N3O5S/c1-27-18-5-3-4-17(14-18)19(22-10-12-28-13-11-22)15-21-20(24)16-6-8-23(9-7-16)29(2,25)26/h3-5,14,16,19H,6-13,15H2,1-2H3,(H,21,24)/t19-/m0/s1. The van der Waals surface area contributed by atoms with Gasteiger partial charge in [0.25, 0.3) is 0 Å². The highest BCUT2D eigenvalue weighted by Crippen LogP contribution is 2.25. The molecular formula is C20H31N3O5S. The van der Waals surface area contributed by atoms with Crippen LogP contribution in [0.5, 0.6) is 5.75 Å². The van der Waals surface area contributed by atoms with Gasteiger partial charge in [-0.1, -0.05) is 12.1 Å². The minimum atomic E-state index is -3.19. The number of sulfonamides is 1. The van der Waals surface area contributed by atoms with Crippen LogP contribution in [0.15, 0.2) is 24.3 Å². The molecule has 0 unspecified atom stereocenters. The summed E-state index contributed by atoms with van der Waals surface area (Å²) >= 11 is 0.